The molecule has 0 amide bonds. The van der Waals surface area contributed by atoms with Crippen LogP contribution in [0.2, 0.25) is 0 Å². The monoisotopic (exact) mass is 347 g/mol. The lowest BCUT2D eigenvalue weighted by atomic mass is 9.84. The fraction of sp³-hybridized carbons (Fsp3) is 0.0400. The summed E-state index contributed by atoms with van der Waals surface area (Å²) in [6, 6.07) is 30.9. The molecule has 1 aliphatic rings. The molecular weight excluding hydrogens is 330 g/mol. The van der Waals surface area contributed by atoms with Gasteiger partial charge in [-0.1, -0.05) is 72.8 Å². The number of hydrogen-bond donors (Lipinski definition) is 2. The van der Waals surface area contributed by atoms with Gasteiger partial charge in [0.15, 0.2) is 0 Å². The average molecular weight is 347 g/mol. The molecule has 1 heterocycles. The first kappa shape index (κ1) is 14.8. The van der Waals surface area contributed by atoms with Crippen molar-refractivity contribution in [1.82, 2.24) is 4.98 Å². The van der Waals surface area contributed by atoms with Gasteiger partial charge in [-0.3, -0.25) is 0 Å². The second-order valence-electron chi connectivity index (χ2n) is 7.23. The fourth-order valence-electron chi connectivity index (χ4n) is 4.60. The van der Waals surface area contributed by atoms with Crippen molar-refractivity contribution in [2.45, 2.75) is 5.60 Å². The number of nitrogens with one attached hydrogen (secondary N) is 1. The van der Waals surface area contributed by atoms with Crippen molar-refractivity contribution in [2.24, 2.45) is 0 Å². The van der Waals surface area contributed by atoms with Gasteiger partial charge in [0, 0.05) is 32.9 Å². The minimum absolute atomic E-state index is 0.900. The van der Waals surface area contributed by atoms with Crippen molar-refractivity contribution in [3.63, 3.8) is 0 Å². The van der Waals surface area contributed by atoms with Gasteiger partial charge in [-0.25, -0.2) is 0 Å². The van der Waals surface area contributed by atoms with E-state index in [4.69, 9.17) is 0 Å². The SMILES string of the molecule is OC1(c2ccc3[nH]c4ccccc4c3c2)c2ccccc2-c2ccccc21. The molecule has 0 unspecified atom stereocenters. The van der Waals surface area contributed by atoms with E-state index in [0.717, 1.165) is 44.2 Å². The lowest BCUT2D eigenvalue weighted by molar-refractivity contribution is 0.131. The Kier molecular flexibility index (Phi) is 2.78. The summed E-state index contributed by atoms with van der Waals surface area (Å²) in [5, 5.41) is 14.3. The van der Waals surface area contributed by atoms with Crippen LogP contribution in [0.5, 0.6) is 0 Å². The number of aliphatic hydroxyl groups is 1. The number of aromatic nitrogens is 1. The molecule has 0 atom stereocenters. The van der Waals surface area contributed by atoms with E-state index in [1.54, 1.807) is 0 Å². The topological polar surface area (TPSA) is 36.0 Å². The van der Waals surface area contributed by atoms with Crippen molar-refractivity contribution in [3.05, 3.63) is 108 Å². The fourth-order valence-corrected chi connectivity index (χ4v) is 4.60. The molecule has 128 valence electrons. The summed E-state index contributed by atoms with van der Waals surface area (Å²) in [7, 11) is 0. The van der Waals surface area contributed by atoms with Gasteiger partial charge in [-0.15, -0.1) is 0 Å². The van der Waals surface area contributed by atoms with Crippen LogP contribution in [-0.4, -0.2) is 10.1 Å². The zero-order valence-corrected chi connectivity index (χ0v) is 14.6. The van der Waals surface area contributed by atoms with Crippen LogP contribution in [0.15, 0.2) is 91.0 Å². The highest BCUT2D eigenvalue weighted by molar-refractivity contribution is 6.07. The number of para-hydroxylation sites is 1. The van der Waals surface area contributed by atoms with E-state index in [-0.39, 0.29) is 0 Å². The Labute approximate surface area is 156 Å². The highest BCUT2D eigenvalue weighted by Crippen LogP contribution is 2.51. The minimum atomic E-state index is -1.14. The molecule has 5 aromatic rings. The van der Waals surface area contributed by atoms with E-state index in [0.29, 0.717) is 0 Å². The number of hydrogen-bond acceptors (Lipinski definition) is 1. The minimum Gasteiger partial charge on any atom is -0.376 e. The zero-order valence-electron chi connectivity index (χ0n) is 14.6. The molecule has 0 bridgehead atoms. The maximum atomic E-state index is 12.0. The van der Waals surface area contributed by atoms with E-state index < -0.39 is 5.60 Å². The lowest BCUT2D eigenvalue weighted by Gasteiger charge is -2.26. The molecule has 0 saturated heterocycles. The maximum absolute atomic E-state index is 12.0. The standard InChI is InChI=1S/C25H17NO/c27-25(21-10-4-1-7-17(21)18-8-2-5-11-22(18)25)16-13-14-24-20(15-16)19-9-3-6-12-23(19)26-24/h1-15,26-27H. The third-order valence-electron chi connectivity index (χ3n) is 5.85. The van der Waals surface area contributed by atoms with Crippen LogP contribution in [0.1, 0.15) is 16.7 Å². The van der Waals surface area contributed by atoms with Crippen LogP contribution in [-0.2, 0) is 5.60 Å². The van der Waals surface area contributed by atoms with Crippen molar-refractivity contribution < 1.29 is 5.11 Å². The van der Waals surface area contributed by atoms with Crippen molar-refractivity contribution >= 4 is 21.8 Å². The maximum Gasteiger partial charge on any atom is 0.141 e. The van der Waals surface area contributed by atoms with E-state index >= 15 is 0 Å². The van der Waals surface area contributed by atoms with Crippen molar-refractivity contribution in [2.75, 3.05) is 0 Å². The van der Waals surface area contributed by atoms with Crippen LogP contribution >= 0.6 is 0 Å². The van der Waals surface area contributed by atoms with Crippen LogP contribution in [0.25, 0.3) is 32.9 Å². The van der Waals surface area contributed by atoms with Gasteiger partial charge in [-0.05, 0) is 34.9 Å². The Morgan fingerprint density at radius 1 is 0.593 bits per heavy atom. The molecule has 2 heteroatoms. The summed E-state index contributed by atoms with van der Waals surface area (Å²) in [5.74, 6) is 0. The number of H-pyrrole nitrogens is 1. The van der Waals surface area contributed by atoms with Gasteiger partial charge in [0.2, 0.25) is 0 Å². The number of rotatable bonds is 1. The van der Waals surface area contributed by atoms with Crippen LogP contribution in [0.3, 0.4) is 0 Å². The molecule has 1 aliphatic carbocycles. The molecule has 0 saturated carbocycles. The molecular formula is C25H17NO. The normalized spacial score (nSPS) is 14.4. The molecule has 0 fully saturated rings. The zero-order chi connectivity index (χ0) is 18.0. The highest BCUT2D eigenvalue weighted by atomic mass is 16.3. The lowest BCUT2D eigenvalue weighted by Crippen LogP contribution is -2.26. The second-order valence-corrected chi connectivity index (χ2v) is 7.23. The number of benzene rings is 4. The van der Waals surface area contributed by atoms with Gasteiger partial charge in [0.1, 0.15) is 5.60 Å². The third-order valence-corrected chi connectivity index (χ3v) is 5.85. The molecule has 0 radical (unpaired) electrons. The number of fused-ring (bicyclic) bond motifs is 6. The van der Waals surface area contributed by atoms with E-state index in [2.05, 4.69) is 47.4 Å². The second kappa shape index (κ2) is 5.09. The van der Waals surface area contributed by atoms with Crippen LogP contribution in [0, 0.1) is 0 Å². The average Bonchev–Trinajstić information content (AvgIpc) is 3.23. The summed E-state index contributed by atoms with van der Waals surface area (Å²) < 4.78 is 0. The summed E-state index contributed by atoms with van der Waals surface area (Å²) >= 11 is 0. The summed E-state index contributed by atoms with van der Waals surface area (Å²) in [4.78, 5) is 3.46. The van der Waals surface area contributed by atoms with E-state index in [1.165, 1.54) is 5.39 Å². The summed E-state index contributed by atoms with van der Waals surface area (Å²) in [5.41, 5.74) is 6.07. The quantitative estimate of drug-likeness (QED) is 0.408. The molecule has 4 aromatic carbocycles. The molecule has 6 rings (SSSR count). The Morgan fingerprint density at radius 3 is 1.93 bits per heavy atom. The van der Waals surface area contributed by atoms with Crippen LogP contribution in [0.4, 0.5) is 0 Å². The van der Waals surface area contributed by atoms with Gasteiger partial charge in [-0.2, -0.15) is 0 Å². The van der Waals surface area contributed by atoms with Gasteiger partial charge in [0.05, 0.1) is 0 Å². The highest BCUT2D eigenvalue weighted by Gasteiger charge is 2.42. The summed E-state index contributed by atoms with van der Waals surface area (Å²) in [6.45, 7) is 0. The predicted molar refractivity (Wildman–Crippen MR) is 110 cm³/mol. The van der Waals surface area contributed by atoms with E-state index in [1.807, 2.05) is 48.5 Å². The number of aromatic amines is 1. The Balaban J connectivity index is 1.69. The molecule has 27 heavy (non-hydrogen) atoms. The first-order chi connectivity index (χ1) is 13.3. The summed E-state index contributed by atoms with van der Waals surface area (Å²) in [6.07, 6.45) is 0. The van der Waals surface area contributed by atoms with Crippen molar-refractivity contribution in [1.29, 1.82) is 0 Å². The van der Waals surface area contributed by atoms with Gasteiger partial charge < -0.3 is 10.1 Å². The smallest absolute Gasteiger partial charge is 0.141 e. The molecule has 1 aromatic heterocycles. The van der Waals surface area contributed by atoms with Crippen molar-refractivity contribution in [3.8, 4) is 11.1 Å². The Morgan fingerprint density at radius 2 is 1.19 bits per heavy atom. The first-order valence-electron chi connectivity index (χ1n) is 9.19. The first-order valence-corrected chi connectivity index (χ1v) is 9.19. The van der Waals surface area contributed by atoms with Crippen LogP contribution < -0.4 is 0 Å². The Hall–Kier alpha value is -3.36. The van der Waals surface area contributed by atoms with Gasteiger partial charge in [0.25, 0.3) is 0 Å². The van der Waals surface area contributed by atoms with E-state index in [9.17, 15) is 5.11 Å². The molecule has 0 spiro atoms. The Bertz CT molecular complexity index is 1300. The molecule has 2 N–H and O–H groups in total. The predicted octanol–water partition coefficient (Wildman–Crippen LogP) is 5.59. The third kappa shape index (κ3) is 1.83. The largest absolute Gasteiger partial charge is 0.376 e. The van der Waals surface area contributed by atoms with Gasteiger partial charge >= 0.3 is 0 Å². The molecule has 2 nitrogen and oxygen atoms in total. The molecule has 0 aliphatic heterocycles.